The Bertz CT molecular complexity index is 731. The number of carboxylic acids is 1. The van der Waals surface area contributed by atoms with Crippen LogP contribution in [0.15, 0.2) is 17.5 Å². The fraction of sp³-hybridized carbons (Fsp3) is 0.250. The van der Waals surface area contributed by atoms with Crippen molar-refractivity contribution < 1.29 is 14.7 Å². The maximum Gasteiger partial charge on any atom is 0.336 e. The first kappa shape index (κ1) is 15.3. The van der Waals surface area contributed by atoms with Crippen molar-refractivity contribution in [2.75, 3.05) is 5.32 Å². The van der Waals surface area contributed by atoms with E-state index in [4.69, 9.17) is 5.11 Å². The van der Waals surface area contributed by atoms with Crippen molar-refractivity contribution in [3.8, 4) is 0 Å². The van der Waals surface area contributed by atoms with E-state index in [9.17, 15) is 9.59 Å². The lowest BCUT2D eigenvalue weighted by Gasteiger charge is -2.11. The van der Waals surface area contributed by atoms with Crippen LogP contribution in [0.5, 0.6) is 0 Å². The van der Waals surface area contributed by atoms with Gasteiger partial charge in [-0.25, -0.2) is 4.79 Å². The second-order valence-corrected chi connectivity index (χ2v) is 6.16. The van der Waals surface area contributed by atoms with E-state index in [0.717, 1.165) is 16.0 Å². The van der Waals surface area contributed by atoms with Crippen molar-refractivity contribution in [2.45, 2.75) is 27.7 Å². The Balaban J connectivity index is 2.35. The summed E-state index contributed by atoms with van der Waals surface area (Å²) in [5.41, 5.74) is 3.85. The van der Waals surface area contributed by atoms with Crippen LogP contribution >= 0.6 is 11.3 Å². The van der Waals surface area contributed by atoms with Gasteiger partial charge in [-0.05, 0) is 50.5 Å². The fourth-order valence-corrected chi connectivity index (χ4v) is 3.01. The van der Waals surface area contributed by atoms with Gasteiger partial charge in [0.25, 0.3) is 5.91 Å². The van der Waals surface area contributed by atoms with E-state index >= 15 is 0 Å². The van der Waals surface area contributed by atoms with Gasteiger partial charge in [0.05, 0.1) is 11.1 Å². The second kappa shape index (κ2) is 5.69. The predicted octanol–water partition coefficient (Wildman–Crippen LogP) is 3.93. The molecule has 110 valence electrons. The summed E-state index contributed by atoms with van der Waals surface area (Å²) in [5, 5.41) is 13.8. The molecule has 0 aliphatic heterocycles. The number of hydrogen-bond acceptors (Lipinski definition) is 3. The normalized spacial score (nSPS) is 10.5. The summed E-state index contributed by atoms with van der Waals surface area (Å²) in [5.74, 6) is -1.20. The zero-order valence-electron chi connectivity index (χ0n) is 12.4. The summed E-state index contributed by atoms with van der Waals surface area (Å²) in [7, 11) is 0. The monoisotopic (exact) mass is 303 g/mol. The Labute approximate surface area is 127 Å². The molecule has 0 unspecified atom stereocenters. The molecule has 1 aromatic heterocycles. The van der Waals surface area contributed by atoms with Crippen LogP contribution in [0.1, 0.15) is 42.3 Å². The number of nitrogens with one attached hydrogen (secondary N) is 1. The van der Waals surface area contributed by atoms with Gasteiger partial charge in [-0.2, -0.15) is 0 Å². The van der Waals surface area contributed by atoms with Gasteiger partial charge < -0.3 is 10.4 Å². The summed E-state index contributed by atoms with van der Waals surface area (Å²) >= 11 is 1.53. The predicted molar refractivity (Wildman–Crippen MR) is 84.6 cm³/mol. The molecule has 0 bridgehead atoms. The van der Waals surface area contributed by atoms with E-state index in [1.807, 2.05) is 26.2 Å². The van der Waals surface area contributed by atoms with Crippen molar-refractivity contribution in [3.63, 3.8) is 0 Å². The van der Waals surface area contributed by atoms with Crippen molar-refractivity contribution in [3.05, 3.63) is 50.2 Å². The summed E-state index contributed by atoms with van der Waals surface area (Å²) < 4.78 is 0. The number of rotatable bonds is 3. The Morgan fingerprint density at radius 3 is 2.24 bits per heavy atom. The van der Waals surface area contributed by atoms with E-state index in [0.29, 0.717) is 16.8 Å². The Kier molecular flexibility index (Phi) is 4.14. The number of anilines is 1. The number of carbonyl (C=O) groups is 2. The zero-order chi connectivity index (χ0) is 15.7. The van der Waals surface area contributed by atoms with Crippen LogP contribution in [0.25, 0.3) is 0 Å². The molecule has 0 saturated carbocycles. The standard InChI is InChI=1S/C16H17NO3S/c1-8-5-9(2)14(6-12(8)16(19)20)17-15(18)13-7-21-11(4)10(13)3/h5-7H,1-4H3,(H,17,18)(H,19,20). The molecule has 4 nitrogen and oxygen atoms in total. The number of carboxylic acid groups (broad SMARTS) is 1. The number of hydrogen-bond donors (Lipinski definition) is 2. The molecule has 1 amide bonds. The van der Waals surface area contributed by atoms with Gasteiger partial charge in [-0.3, -0.25) is 4.79 Å². The van der Waals surface area contributed by atoms with Crippen molar-refractivity contribution in [1.82, 2.24) is 0 Å². The molecule has 0 radical (unpaired) electrons. The quantitative estimate of drug-likeness (QED) is 0.902. The van der Waals surface area contributed by atoms with E-state index in [1.165, 1.54) is 17.4 Å². The lowest BCUT2D eigenvalue weighted by Crippen LogP contribution is -2.14. The molecule has 0 fully saturated rings. The molecule has 2 rings (SSSR count). The van der Waals surface area contributed by atoms with Crippen LogP contribution < -0.4 is 5.32 Å². The zero-order valence-corrected chi connectivity index (χ0v) is 13.2. The molecule has 5 heteroatoms. The first-order chi connectivity index (χ1) is 9.81. The van der Waals surface area contributed by atoms with Crippen LogP contribution in [0.4, 0.5) is 5.69 Å². The molecule has 0 atom stereocenters. The van der Waals surface area contributed by atoms with Gasteiger partial charge >= 0.3 is 5.97 Å². The topological polar surface area (TPSA) is 66.4 Å². The highest BCUT2D eigenvalue weighted by Gasteiger charge is 2.16. The SMILES string of the molecule is Cc1cc(C)c(C(=O)O)cc1NC(=O)c1csc(C)c1C. The minimum atomic E-state index is -0.995. The van der Waals surface area contributed by atoms with Gasteiger partial charge in [-0.15, -0.1) is 11.3 Å². The van der Waals surface area contributed by atoms with Gasteiger partial charge in [-0.1, -0.05) is 6.07 Å². The first-order valence-electron chi connectivity index (χ1n) is 6.52. The molecule has 2 aromatic rings. The third kappa shape index (κ3) is 2.97. The molecule has 0 aliphatic carbocycles. The van der Waals surface area contributed by atoms with Gasteiger partial charge in [0.15, 0.2) is 0 Å². The average Bonchev–Trinajstić information content (AvgIpc) is 2.73. The minimum Gasteiger partial charge on any atom is -0.478 e. The highest BCUT2D eigenvalue weighted by molar-refractivity contribution is 7.10. The second-order valence-electron chi connectivity index (χ2n) is 5.07. The highest BCUT2D eigenvalue weighted by atomic mass is 32.1. The number of benzene rings is 1. The molecule has 1 aromatic carbocycles. The number of aromatic carboxylic acids is 1. The molecule has 0 spiro atoms. The molecular formula is C16H17NO3S. The number of aryl methyl sites for hydroxylation is 3. The lowest BCUT2D eigenvalue weighted by molar-refractivity contribution is 0.0695. The molecule has 1 heterocycles. The summed E-state index contributed by atoms with van der Waals surface area (Å²) in [4.78, 5) is 24.6. The molecule has 0 aliphatic rings. The number of amides is 1. The Hall–Kier alpha value is -2.14. The molecule has 2 N–H and O–H groups in total. The Morgan fingerprint density at radius 1 is 1.05 bits per heavy atom. The van der Waals surface area contributed by atoms with Gasteiger partial charge in [0, 0.05) is 15.9 Å². The van der Waals surface area contributed by atoms with Crippen molar-refractivity contribution >= 4 is 28.9 Å². The van der Waals surface area contributed by atoms with Crippen LogP contribution in [0.3, 0.4) is 0 Å². The number of carbonyl (C=O) groups excluding carboxylic acids is 1. The lowest BCUT2D eigenvalue weighted by atomic mass is 10.0. The van der Waals surface area contributed by atoms with Gasteiger partial charge in [0.2, 0.25) is 0 Å². The van der Waals surface area contributed by atoms with Crippen LogP contribution in [-0.4, -0.2) is 17.0 Å². The largest absolute Gasteiger partial charge is 0.478 e. The molecule has 21 heavy (non-hydrogen) atoms. The van der Waals surface area contributed by atoms with E-state index in [1.54, 1.807) is 13.0 Å². The van der Waals surface area contributed by atoms with E-state index in [2.05, 4.69) is 5.32 Å². The maximum absolute atomic E-state index is 12.3. The van der Waals surface area contributed by atoms with Crippen LogP contribution in [0, 0.1) is 27.7 Å². The van der Waals surface area contributed by atoms with Crippen LogP contribution in [0.2, 0.25) is 0 Å². The fourth-order valence-electron chi connectivity index (χ4n) is 2.14. The summed E-state index contributed by atoms with van der Waals surface area (Å²) in [6, 6.07) is 3.28. The smallest absolute Gasteiger partial charge is 0.336 e. The maximum atomic E-state index is 12.3. The highest BCUT2D eigenvalue weighted by Crippen LogP contribution is 2.24. The average molecular weight is 303 g/mol. The third-order valence-corrected chi connectivity index (χ3v) is 4.59. The van der Waals surface area contributed by atoms with E-state index < -0.39 is 5.97 Å². The summed E-state index contributed by atoms with van der Waals surface area (Å²) in [6.07, 6.45) is 0. The van der Waals surface area contributed by atoms with Gasteiger partial charge in [0.1, 0.15) is 0 Å². The molecule has 0 saturated heterocycles. The third-order valence-electron chi connectivity index (χ3n) is 3.58. The minimum absolute atomic E-state index is 0.203. The van der Waals surface area contributed by atoms with Crippen LogP contribution in [-0.2, 0) is 0 Å². The van der Waals surface area contributed by atoms with Crippen molar-refractivity contribution in [1.29, 1.82) is 0 Å². The summed E-state index contributed by atoms with van der Waals surface area (Å²) in [6.45, 7) is 7.47. The number of thiophene rings is 1. The van der Waals surface area contributed by atoms with E-state index in [-0.39, 0.29) is 11.5 Å². The van der Waals surface area contributed by atoms with Crippen molar-refractivity contribution in [2.24, 2.45) is 0 Å². The molecular weight excluding hydrogens is 286 g/mol. The Morgan fingerprint density at radius 2 is 1.71 bits per heavy atom. The first-order valence-corrected chi connectivity index (χ1v) is 7.39.